The van der Waals surface area contributed by atoms with Crippen molar-refractivity contribution < 1.29 is 19.1 Å². The van der Waals surface area contributed by atoms with E-state index in [0.717, 1.165) is 57.2 Å². The van der Waals surface area contributed by atoms with Gasteiger partial charge in [-0.15, -0.1) is 10.2 Å². The van der Waals surface area contributed by atoms with Crippen LogP contribution in [0.2, 0.25) is 5.02 Å². The summed E-state index contributed by atoms with van der Waals surface area (Å²) in [5, 5.41) is 8.14. The summed E-state index contributed by atoms with van der Waals surface area (Å²) in [5.74, 6) is 0.575. The number of nitrogens with zero attached hydrogens (tertiary/aromatic N) is 5. The summed E-state index contributed by atoms with van der Waals surface area (Å²) >= 11 is 6.48. The molecule has 9 nitrogen and oxygen atoms in total. The fraction of sp³-hybridized carbons (Fsp3) is 0.484. The van der Waals surface area contributed by atoms with Gasteiger partial charge in [-0.2, -0.15) is 0 Å². The van der Waals surface area contributed by atoms with E-state index in [1.54, 1.807) is 29.4 Å². The van der Waals surface area contributed by atoms with Gasteiger partial charge in [-0.25, -0.2) is 0 Å². The zero-order valence-corrected chi connectivity index (χ0v) is 24.0. The van der Waals surface area contributed by atoms with Crippen LogP contribution in [0.4, 0.5) is 0 Å². The Kier molecular flexibility index (Phi) is 8.25. The molecule has 3 aliphatic rings. The summed E-state index contributed by atoms with van der Waals surface area (Å²) in [7, 11) is 0. The molecule has 0 aliphatic carbocycles. The third-order valence-electron chi connectivity index (χ3n) is 8.85. The number of benzene rings is 2. The molecule has 0 bridgehead atoms. The van der Waals surface area contributed by atoms with Crippen LogP contribution in [0.5, 0.6) is 5.75 Å². The van der Waals surface area contributed by atoms with Gasteiger partial charge in [-0.1, -0.05) is 30.2 Å². The number of aromatic nitrogens is 3. The van der Waals surface area contributed by atoms with E-state index in [9.17, 15) is 9.59 Å². The number of hydrogen-bond donors (Lipinski definition) is 0. The third kappa shape index (κ3) is 5.97. The molecule has 216 valence electrons. The van der Waals surface area contributed by atoms with Crippen molar-refractivity contribution in [1.29, 1.82) is 0 Å². The fourth-order valence-corrected chi connectivity index (χ4v) is 6.55. The number of amides is 2. The topological polar surface area (TPSA) is 89.8 Å². The molecule has 1 atom stereocenters. The SMILES string of the molecule is O=C(c1cc(-n2cnnc2)ccc1Cl)N1CCC2(CCCCOC[C@@H]3CCCN3C(=O)c3ccccc3OC2)CC1. The minimum Gasteiger partial charge on any atom is -0.492 e. The van der Waals surface area contributed by atoms with Gasteiger partial charge in [0.1, 0.15) is 18.4 Å². The number of fused-ring (bicyclic) bond motifs is 2. The third-order valence-corrected chi connectivity index (χ3v) is 9.18. The van der Waals surface area contributed by atoms with Crippen molar-refractivity contribution in [2.45, 2.75) is 51.0 Å². The maximum atomic E-state index is 13.6. The molecule has 3 aliphatic heterocycles. The molecule has 3 aromatic rings. The highest BCUT2D eigenvalue weighted by Crippen LogP contribution is 2.39. The average Bonchev–Trinajstić information content (AvgIpc) is 3.71. The van der Waals surface area contributed by atoms with Crippen LogP contribution in [0.25, 0.3) is 5.69 Å². The molecule has 6 rings (SSSR count). The first-order valence-electron chi connectivity index (χ1n) is 14.6. The molecule has 2 fully saturated rings. The molecule has 41 heavy (non-hydrogen) atoms. The van der Waals surface area contributed by atoms with Crippen LogP contribution in [-0.4, -0.2) is 81.9 Å². The lowest BCUT2D eigenvalue weighted by Gasteiger charge is -2.42. The molecule has 2 saturated heterocycles. The Morgan fingerprint density at radius 3 is 2.61 bits per heavy atom. The van der Waals surface area contributed by atoms with Crippen molar-refractivity contribution in [3.05, 3.63) is 71.3 Å². The van der Waals surface area contributed by atoms with Gasteiger partial charge in [-0.05, 0) is 68.9 Å². The van der Waals surface area contributed by atoms with E-state index in [2.05, 4.69) is 10.2 Å². The smallest absolute Gasteiger partial charge is 0.257 e. The van der Waals surface area contributed by atoms with Gasteiger partial charge in [0, 0.05) is 37.3 Å². The first-order chi connectivity index (χ1) is 20.0. The van der Waals surface area contributed by atoms with Crippen LogP contribution in [0, 0.1) is 5.41 Å². The minimum atomic E-state index is -0.0959. The zero-order valence-electron chi connectivity index (χ0n) is 23.2. The highest BCUT2D eigenvalue weighted by Gasteiger charge is 2.38. The number of piperidine rings is 1. The number of carbonyl (C=O) groups is 2. The van der Waals surface area contributed by atoms with Gasteiger partial charge in [0.05, 0.1) is 35.4 Å². The van der Waals surface area contributed by atoms with Crippen LogP contribution in [0.3, 0.4) is 0 Å². The lowest BCUT2D eigenvalue weighted by atomic mass is 9.75. The van der Waals surface area contributed by atoms with Gasteiger partial charge in [-0.3, -0.25) is 14.2 Å². The lowest BCUT2D eigenvalue weighted by molar-refractivity contribution is 0.0303. The minimum absolute atomic E-state index is 0.0174. The molecule has 4 heterocycles. The van der Waals surface area contributed by atoms with Crippen LogP contribution < -0.4 is 4.74 Å². The van der Waals surface area contributed by atoms with Crippen molar-refractivity contribution in [1.82, 2.24) is 24.6 Å². The van der Waals surface area contributed by atoms with E-state index in [0.29, 0.717) is 54.8 Å². The second kappa shape index (κ2) is 12.2. The highest BCUT2D eigenvalue weighted by molar-refractivity contribution is 6.33. The van der Waals surface area contributed by atoms with E-state index >= 15 is 0 Å². The maximum absolute atomic E-state index is 13.6. The van der Waals surface area contributed by atoms with Gasteiger partial charge in [0.25, 0.3) is 11.8 Å². The fourth-order valence-electron chi connectivity index (χ4n) is 6.35. The molecule has 0 unspecified atom stereocenters. The van der Waals surface area contributed by atoms with Gasteiger partial charge in [0.2, 0.25) is 0 Å². The van der Waals surface area contributed by atoms with Crippen molar-refractivity contribution in [3.63, 3.8) is 0 Å². The van der Waals surface area contributed by atoms with Crippen LogP contribution >= 0.6 is 11.6 Å². The molecule has 0 saturated carbocycles. The first-order valence-corrected chi connectivity index (χ1v) is 15.0. The van der Waals surface area contributed by atoms with E-state index in [1.165, 1.54) is 0 Å². The van der Waals surface area contributed by atoms with Crippen molar-refractivity contribution in [3.8, 4) is 11.4 Å². The predicted octanol–water partition coefficient (Wildman–Crippen LogP) is 5.03. The Labute approximate surface area is 245 Å². The monoisotopic (exact) mass is 577 g/mol. The number of likely N-dealkylation sites (tertiary alicyclic amines) is 1. The quantitative estimate of drug-likeness (QED) is 0.424. The van der Waals surface area contributed by atoms with Crippen LogP contribution in [0.15, 0.2) is 55.1 Å². The van der Waals surface area contributed by atoms with Crippen molar-refractivity contribution in [2.24, 2.45) is 5.41 Å². The van der Waals surface area contributed by atoms with Gasteiger partial charge in [0.15, 0.2) is 0 Å². The molecule has 0 N–H and O–H groups in total. The molecule has 2 aromatic carbocycles. The number of halogens is 1. The molecule has 0 radical (unpaired) electrons. The molecular formula is C31H36ClN5O4. The predicted molar refractivity (Wildman–Crippen MR) is 155 cm³/mol. The normalized spacial score (nSPS) is 21.6. The molecule has 1 aromatic heterocycles. The van der Waals surface area contributed by atoms with E-state index in [4.69, 9.17) is 21.1 Å². The van der Waals surface area contributed by atoms with Gasteiger partial charge >= 0.3 is 0 Å². The van der Waals surface area contributed by atoms with E-state index in [-0.39, 0.29) is 23.3 Å². The molecular weight excluding hydrogens is 542 g/mol. The number of hydrogen-bond acceptors (Lipinski definition) is 6. The summed E-state index contributed by atoms with van der Waals surface area (Å²) < 4.78 is 14.3. The van der Waals surface area contributed by atoms with E-state index in [1.807, 2.05) is 40.1 Å². The van der Waals surface area contributed by atoms with E-state index < -0.39 is 0 Å². The number of carbonyl (C=O) groups excluding carboxylic acids is 2. The zero-order chi connectivity index (χ0) is 28.2. The summed E-state index contributed by atoms with van der Waals surface area (Å²) in [6, 6.07) is 13.1. The summed E-state index contributed by atoms with van der Waals surface area (Å²) in [6.45, 7) is 3.76. The van der Waals surface area contributed by atoms with Crippen molar-refractivity contribution >= 4 is 23.4 Å². The first kappa shape index (κ1) is 27.7. The maximum Gasteiger partial charge on any atom is 0.257 e. The number of rotatable bonds is 2. The standard InChI is InChI=1S/C31H36ClN5O4/c32-27-10-9-23(36-21-33-34-22-36)18-26(27)29(38)35-15-12-31(13-16-35)11-3-4-17-40-19-24-6-5-14-37(24)30(39)25-7-1-2-8-28(25)41-20-31/h1-2,7-10,18,21-22,24H,3-6,11-17,19-20H2/t24-/m0/s1. The molecule has 2 amide bonds. The Hall–Kier alpha value is -3.43. The van der Waals surface area contributed by atoms with Crippen LogP contribution in [0.1, 0.15) is 65.7 Å². The number of ether oxygens (including phenoxy) is 2. The van der Waals surface area contributed by atoms with Crippen LogP contribution in [-0.2, 0) is 4.74 Å². The second-order valence-electron chi connectivity index (χ2n) is 11.4. The Morgan fingerprint density at radius 2 is 1.78 bits per heavy atom. The number of para-hydroxylation sites is 1. The Balaban J connectivity index is 1.18. The summed E-state index contributed by atoms with van der Waals surface area (Å²) in [6.07, 6.45) is 9.76. The van der Waals surface area contributed by atoms with Gasteiger partial charge < -0.3 is 19.3 Å². The van der Waals surface area contributed by atoms with Crippen molar-refractivity contribution in [2.75, 3.05) is 39.5 Å². The lowest BCUT2D eigenvalue weighted by Crippen LogP contribution is -2.46. The Bertz CT molecular complexity index is 1370. The average molecular weight is 578 g/mol. The summed E-state index contributed by atoms with van der Waals surface area (Å²) in [4.78, 5) is 31.0. The second-order valence-corrected chi connectivity index (χ2v) is 11.8. The Morgan fingerprint density at radius 1 is 0.976 bits per heavy atom. The largest absolute Gasteiger partial charge is 0.492 e. The summed E-state index contributed by atoms with van der Waals surface area (Å²) in [5.41, 5.74) is 1.77. The molecule has 1 spiro atoms. The highest BCUT2D eigenvalue weighted by atomic mass is 35.5. The molecule has 10 heteroatoms.